The van der Waals surface area contributed by atoms with E-state index >= 15 is 0 Å². The summed E-state index contributed by atoms with van der Waals surface area (Å²) in [6.45, 7) is 18.7. The Labute approximate surface area is 320 Å². The van der Waals surface area contributed by atoms with Crippen LogP contribution < -0.4 is 15.4 Å². The lowest BCUT2D eigenvalue weighted by atomic mass is 9.76. The molecule has 53 heavy (non-hydrogen) atoms. The first-order valence-corrected chi connectivity index (χ1v) is 20.8. The fourth-order valence-corrected chi connectivity index (χ4v) is 10.1. The summed E-state index contributed by atoms with van der Waals surface area (Å²) in [5.41, 5.74) is 2.08. The Balaban J connectivity index is 1.28. The minimum atomic E-state index is -3.78. The summed E-state index contributed by atoms with van der Waals surface area (Å²) >= 11 is 1.45. The Kier molecular flexibility index (Phi) is 12.1. The average Bonchev–Trinajstić information content (AvgIpc) is 3.53. The number of ether oxygens (including phenoxy) is 3. The van der Waals surface area contributed by atoms with Crippen LogP contribution in [0.3, 0.4) is 0 Å². The predicted octanol–water partition coefficient (Wildman–Crippen LogP) is 8.94. The SMILES string of the molecule is COc1ccc(S(=O)(=O)N(CC(C)C)C[C@H]2OC(C)(C)C[C@H]2Cc2ccc(NC(=O)Nc3sc4c(c3C(=O)OC(C)(C)C)CC(C)(C)CC4)cc2)cc1. The molecule has 1 fully saturated rings. The van der Waals surface area contributed by atoms with Crippen LogP contribution in [0.5, 0.6) is 5.75 Å². The monoisotopic (exact) mass is 767 g/mol. The van der Waals surface area contributed by atoms with Gasteiger partial charge < -0.3 is 19.5 Å². The lowest BCUT2D eigenvalue weighted by Crippen LogP contribution is -2.42. The molecule has 2 aromatic carbocycles. The molecule has 0 saturated carbocycles. The Hall–Kier alpha value is -3.45. The Bertz CT molecular complexity index is 1880. The number of hydrogen-bond acceptors (Lipinski definition) is 8. The minimum Gasteiger partial charge on any atom is -0.497 e. The van der Waals surface area contributed by atoms with Crippen LogP contribution in [0.25, 0.3) is 0 Å². The summed E-state index contributed by atoms with van der Waals surface area (Å²) in [4.78, 5) is 28.1. The third kappa shape index (κ3) is 10.4. The molecule has 3 aromatic rings. The number of amides is 2. The minimum absolute atomic E-state index is 0.0505. The predicted molar refractivity (Wildman–Crippen MR) is 212 cm³/mol. The highest BCUT2D eigenvalue weighted by molar-refractivity contribution is 7.89. The number of rotatable bonds is 12. The number of esters is 1. The zero-order chi connectivity index (χ0) is 38.9. The van der Waals surface area contributed by atoms with Crippen molar-refractivity contribution in [3.63, 3.8) is 0 Å². The van der Waals surface area contributed by atoms with Gasteiger partial charge in [0, 0.05) is 23.7 Å². The van der Waals surface area contributed by atoms with Gasteiger partial charge in [0.15, 0.2) is 0 Å². The molecule has 2 heterocycles. The number of hydrogen-bond donors (Lipinski definition) is 2. The number of nitrogens with one attached hydrogen (secondary N) is 2. The van der Waals surface area contributed by atoms with E-state index in [1.165, 1.54) is 11.3 Å². The van der Waals surface area contributed by atoms with E-state index in [-0.39, 0.29) is 34.8 Å². The highest BCUT2D eigenvalue weighted by atomic mass is 32.2. The molecule has 12 heteroatoms. The average molecular weight is 768 g/mol. The second kappa shape index (κ2) is 15.7. The number of benzene rings is 2. The quantitative estimate of drug-likeness (QED) is 0.177. The van der Waals surface area contributed by atoms with Crippen LogP contribution in [0.1, 0.15) is 102 Å². The van der Waals surface area contributed by atoms with Gasteiger partial charge in [-0.2, -0.15) is 4.31 Å². The molecule has 1 aliphatic carbocycles. The molecule has 2 N–H and O–H groups in total. The van der Waals surface area contributed by atoms with E-state index in [1.807, 2.05) is 58.9 Å². The summed E-state index contributed by atoms with van der Waals surface area (Å²) < 4.78 is 46.8. The summed E-state index contributed by atoms with van der Waals surface area (Å²) in [5.74, 6) is 0.373. The zero-order valence-corrected chi connectivity index (χ0v) is 34.6. The van der Waals surface area contributed by atoms with Crippen LogP contribution in [-0.4, -0.2) is 62.2 Å². The highest BCUT2D eigenvalue weighted by Gasteiger charge is 2.42. The maximum atomic E-state index is 13.9. The Morgan fingerprint density at radius 2 is 1.68 bits per heavy atom. The first kappa shape index (κ1) is 40.7. The van der Waals surface area contributed by atoms with E-state index in [2.05, 4.69) is 38.3 Å². The number of sulfonamides is 1. The van der Waals surface area contributed by atoms with Crippen LogP contribution >= 0.6 is 11.3 Å². The lowest BCUT2D eigenvalue weighted by molar-refractivity contribution is -0.0277. The zero-order valence-electron chi connectivity index (χ0n) is 32.9. The molecule has 1 aliphatic heterocycles. The number of nitrogens with zero attached hydrogens (tertiary/aromatic N) is 1. The van der Waals surface area contributed by atoms with Crippen LogP contribution in [-0.2, 0) is 38.8 Å². The molecule has 1 aromatic heterocycles. The molecular weight excluding hydrogens is 711 g/mol. The van der Waals surface area contributed by atoms with Crippen LogP contribution in [0, 0.1) is 17.3 Å². The van der Waals surface area contributed by atoms with E-state index in [4.69, 9.17) is 14.2 Å². The normalized spacial score (nSPS) is 19.5. The van der Waals surface area contributed by atoms with Crippen LogP contribution in [0.2, 0.25) is 0 Å². The number of aryl methyl sites for hydroxylation is 1. The Morgan fingerprint density at radius 3 is 2.28 bits per heavy atom. The number of methoxy groups -OCH3 is 1. The fraction of sp³-hybridized carbons (Fsp3) is 0.561. The number of urea groups is 1. The number of thiophene rings is 1. The topological polar surface area (TPSA) is 123 Å². The number of carbonyl (C=O) groups excluding carboxylic acids is 2. The van der Waals surface area contributed by atoms with Crippen molar-refractivity contribution in [3.05, 3.63) is 70.1 Å². The first-order chi connectivity index (χ1) is 24.6. The van der Waals surface area contributed by atoms with Crippen molar-refractivity contribution in [2.75, 3.05) is 30.8 Å². The van der Waals surface area contributed by atoms with Gasteiger partial charge in [-0.05, 0) is 131 Å². The van der Waals surface area contributed by atoms with Crippen molar-refractivity contribution in [2.24, 2.45) is 17.3 Å². The van der Waals surface area contributed by atoms with Crippen molar-refractivity contribution in [1.82, 2.24) is 4.31 Å². The fourth-order valence-electron chi connectivity index (χ4n) is 7.33. The van der Waals surface area contributed by atoms with Gasteiger partial charge in [0.25, 0.3) is 0 Å². The molecule has 10 nitrogen and oxygen atoms in total. The molecule has 290 valence electrons. The molecule has 0 unspecified atom stereocenters. The van der Waals surface area contributed by atoms with Gasteiger partial charge in [-0.25, -0.2) is 18.0 Å². The van der Waals surface area contributed by atoms with Gasteiger partial charge in [-0.3, -0.25) is 5.32 Å². The molecule has 0 radical (unpaired) electrons. The van der Waals surface area contributed by atoms with Crippen LogP contribution in [0.15, 0.2) is 53.4 Å². The maximum absolute atomic E-state index is 13.9. The van der Waals surface area contributed by atoms with E-state index in [9.17, 15) is 18.0 Å². The van der Waals surface area contributed by atoms with Crippen molar-refractivity contribution in [1.29, 1.82) is 0 Å². The van der Waals surface area contributed by atoms with Gasteiger partial charge in [0.2, 0.25) is 10.0 Å². The summed E-state index contributed by atoms with van der Waals surface area (Å²) in [6.07, 6.45) is 3.77. The van der Waals surface area contributed by atoms with E-state index in [0.717, 1.165) is 41.7 Å². The summed E-state index contributed by atoms with van der Waals surface area (Å²) in [6, 6.07) is 13.8. The third-order valence-corrected chi connectivity index (χ3v) is 12.8. The first-order valence-electron chi connectivity index (χ1n) is 18.5. The molecule has 1 saturated heterocycles. The lowest BCUT2D eigenvalue weighted by Gasteiger charge is -2.30. The number of carbonyl (C=O) groups is 2. The van der Waals surface area contributed by atoms with Gasteiger partial charge >= 0.3 is 12.0 Å². The number of anilines is 2. The van der Waals surface area contributed by atoms with Crippen molar-refractivity contribution in [2.45, 2.75) is 117 Å². The van der Waals surface area contributed by atoms with E-state index in [0.29, 0.717) is 35.0 Å². The van der Waals surface area contributed by atoms with Gasteiger partial charge in [-0.1, -0.05) is 39.8 Å². The standard InChI is InChI=1S/C41H57N3O7S2/c1-26(2)24-44(53(47,48)31-17-15-30(49-10)16-18-31)25-33-28(22-41(8,9)50-33)21-27-11-13-29(14-12-27)42-38(46)43-36-35(37(45)51-39(3,4)5)32-23-40(6,7)20-19-34(32)52-36/h11-18,26,28,33H,19-25H2,1-10H3,(H2,42,43,46)/t28-,33-/m1/s1. The maximum Gasteiger partial charge on any atom is 0.341 e. The van der Waals surface area contributed by atoms with E-state index in [1.54, 1.807) is 35.7 Å². The molecule has 0 bridgehead atoms. The summed E-state index contributed by atoms with van der Waals surface area (Å²) in [5, 5.41) is 6.38. The molecule has 2 amide bonds. The van der Waals surface area contributed by atoms with Crippen molar-refractivity contribution in [3.8, 4) is 5.75 Å². The van der Waals surface area contributed by atoms with Crippen LogP contribution in [0.4, 0.5) is 15.5 Å². The summed E-state index contributed by atoms with van der Waals surface area (Å²) in [7, 11) is -2.23. The second-order valence-electron chi connectivity index (χ2n) is 17.3. The van der Waals surface area contributed by atoms with E-state index < -0.39 is 33.2 Å². The number of fused-ring (bicyclic) bond motifs is 1. The highest BCUT2D eigenvalue weighted by Crippen LogP contribution is 2.44. The molecule has 5 rings (SSSR count). The van der Waals surface area contributed by atoms with Gasteiger partial charge in [0.05, 0.1) is 29.3 Å². The molecule has 0 spiro atoms. The second-order valence-corrected chi connectivity index (χ2v) is 20.3. The largest absolute Gasteiger partial charge is 0.497 e. The van der Waals surface area contributed by atoms with Crippen molar-refractivity contribution < 1.29 is 32.2 Å². The van der Waals surface area contributed by atoms with Gasteiger partial charge in [0.1, 0.15) is 16.4 Å². The Morgan fingerprint density at radius 1 is 1.02 bits per heavy atom. The molecule has 2 aliphatic rings. The smallest absolute Gasteiger partial charge is 0.341 e. The molecular formula is C41H57N3O7S2. The third-order valence-electron chi connectivity index (χ3n) is 9.71. The van der Waals surface area contributed by atoms with Gasteiger partial charge in [-0.15, -0.1) is 11.3 Å². The molecule has 2 atom stereocenters. The van der Waals surface area contributed by atoms with Crippen molar-refractivity contribution >= 4 is 44.0 Å².